The van der Waals surface area contributed by atoms with Crippen LogP contribution in [0.4, 0.5) is 0 Å². The van der Waals surface area contributed by atoms with Crippen molar-refractivity contribution in [1.29, 1.82) is 0 Å². The quantitative estimate of drug-likeness (QED) is 0.290. The van der Waals surface area contributed by atoms with Crippen molar-refractivity contribution in [3.8, 4) is 0 Å². The van der Waals surface area contributed by atoms with Crippen LogP contribution in [0, 0.1) is 6.92 Å². The minimum Gasteiger partial charge on any atom is -0.370 e. The summed E-state index contributed by atoms with van der Waals surface area (Å²) in [6.07, 6.45) is 0. The summed E-state index contributed by atoms with van der Waals surface area (Å²) in [6, 6.07) is 3.41. The van der Waals surface area contributed by atoms with Crippen LogP contribution in [0.5, 0.6) is 0 Å². The highest BCUT2D eigenvalue weighted by molar-refractivity contribution is 14.0. The first-order chi connectivity index (χ1) is 9.99. The van der Waals surface area contributed by atoms with Crippen molar-refractivity contribution in [2.45, 2.75) is 11.1 Å². The number of hydrogen-bond acceptors (Lipinski definition) is 5. The second-order valence-corrected chi connectivity index (χ2v) is 9.11. The number of nitrogens with zero attached hydrogens (tertiary/aromatic N) is 2. The lowest BCUT2D eigenvalue weighted by Crippen LogP contribution is -2.43. The molecule has 1 saturated heterocycles. The zero-order chi connectivity index (χ0) is 15.3. The predicted molar refractivity (Wildman–Crippen MR) is 105 cm³/mol. The van der Waals surface area contributed by atoms with Gasteiger partial charge in [-0.25, -0.2) is 13.1 Å². The molecular formula is C12H21IN4O2S3. The van der Waals surface area contributed by atoms with E-state index in [0.29, 0.717) is 16.7 Å². The Morgan fingerprint density at radius 3 is 2.68 bits per heavy atom. The first kappa shape index (κ1) is 20.0. The van der Waals surface area contributed by atoms with E-state index in [1.54, 1.807) is 12.1 Å². The van der Waals surface area contributed by atoms with Gasteiger partial charge in [0.2, 0.25) is 10.0 Å². The number of hydrogen-bond donors (Lipinski definition) is 2. The minimum absolute atomic E-state index is 0. The molecule has 0 unspecified atom stereocenters. The highest BCUT2D eigenvalue weighted by atomic mass is 127. The molecule has 0 aliphatic carbocycles. The SMILES string of the molecule is Cc1ccc(S(=O)(=O)NCCN=C(N)N2CCSCC2)s1.I. The third kappa shape index (κ3) is 5.87. The van der Waals surface area contributed by atoms with Crippen LogP contribution in [-0.4, -0.2) is 57.0 Å². The van der Waals surface area contributed by atoms with Gasteiger partial charge in [0.05, 0.1) is 6.54 Å². The van der Waals surface area contributed by atoms with Crippen molar-refractivity contribution in [2.75, 3.05) is 37.7 Å². The molecule has 10 heteroatoms. The van der Waals surface area contributed by atoms with Gasteiger partial charge in [-0.3, -0.25) is 4.99 Å². The molecule has 2 rings (SSSR count). The fourth-order valence-electron chi connectivity index (χ4n) is 1.87. The number of guanidine groups is 1. The molecule has 126 valence electrons. The van der Waals surface area contributed by atoms with Crippen molar-refractivity contribution in [3.05, 3.63) is 17.0 Å². The molecule has 1 aromatic rings. The molecule has 1 aromatic heterocycles. The first-order valence-electron chi connectivity index (χ1n) is 6.68. The van der Waals surface area contributed by atoms with Crippen LogP contribution in [0.1, 0.15) is 4.88 Å². The fraction of sp³-hybridized carbons (Fsp3) is 0.583. The van der Waals surface area contributed by atoms with Gasteiger partial charge < -0.3 is 10.6 Å². The summed E-state index contributed by atoms with van der Waals surface area (Å²) in [7, 11) is -3.42. The van der Waals surface area contributed by atoms with Gasteiger partial charge in [0, 0.05) is 36.0 Å². The normalized spacial score (nSPS) is 16.4. The van der Waals surface area contributed by atoms with E-state index in [1.807, 2.05) is 23.6 Å². The van der Waals surface area contributed by atoms with E-state index in [0.717, 1.165) is 29.5 Å². The Kier molecular flexibility index (Phi) is 8.46. The van der Waals surface area contributed by atoms with Gasteiger partial charge in [0.15, 0.2) is 5.96 Å². The summed E-state index contributed by atoms with van der Waals surface area (Å²) in [4.78, 5) is 7.25. The summed E-state index contributed by atoms with van der Waals surface area (Å²) in [5, 5.41) is 0. The highest BCUT2D eigenvalue weighted by Gasteiger charge is 2.15. The van der Waals surface area contributed by atoms with Crippen molar-refractivity contribution in [2.24, 2.45) is 10.7 Å². The molecule has 3 N–H and O–H groups in total. The van der Waals surface area contributed by atoms with Gasteiger partial charge in [-0.05, 0) is 19.1 Å². The molecule has 0 spiro atoms. The Morgan fingerprint density at radius 1 is 1.41 bits per heavy atom. The molecule has 1 aliphatic rings. The maximum atomic E-state index is 12.0. The Labute approximate surface area is 157 Å². The summed E-state index contributed by atoms with van der Waals surface area (Å²) >= 11 is 3.16. The van der Waals surface area contributed by atoms with Crippen LogP contribution in [0.25, 0.3) is 0 Å². The lowest BCUT2D eigenvalue weighted by atomic mass is 10.5. The third-order valence-electron chi connectivity index (χ3n) is 2.99. The number of aryl methyl sites for hydroxylation is 1. The number of nitrogens with two attached hydrogens (primary N) is 1. The maximum Gasteiger partial charge on any atom is 0.250 e. The number of aliphatic imine (C=N–C) groups is 1. The zero-order valence-corrected chi connectivity index (χ0v) is 17.1. The number of sulfonamides is 1. The molecule has 1 aliphatic heterocycles. The topological polar surface area (TPSA) is 87.8 Å². The number of halogens is 1. The molecule has 0 saturated carbocycles. The van der Waals surface area contributed by atoms with Crippen LogP contribution < -0.4 is 10.5 Å². The minimum atomic E-state index is -3.42. The molecule has 0 amide bonds. The van der Waals surface area contributed by atoms with E-state index in [-0.39, 0.29) is 30.5 Å². The number of thiophene rings is 1. The molecule has 6 nitrogen and oxygen atoms in total. The molecular weight excluding hydrogens is 455 g/mol. The van der Waals surface area contributed by atoms with E-state index in [9.17, 15) is 8.42 Å². The van der Waals surface area contributed by atoms with Crippen LogP contribution in [0.2, 0.25) is 0 Å². The molecule has 0 radical (unpaired) electrons. The largest absolute Gasteiger partial charge is 0.370 e. The Hall–Kier alpha value is -0.0400. The summed E-state index contributed by atoms with van der Waals surface area (Å²) in [5.41, 5.74) is 5.90. The number of rotatable bonds is 5. The van der Waals surface area contributed by atoms with Crippen molar-refractivity contribution in [3.63, 3.8) is 0 Å². The Morgan fingerprint density at radius 2 is 2.09 bits per heavy atom. The van der Waals surface area contributed by atoms with Crippen molar-refractivity contribution in [1.82, 2.24) is 9.62 Å². The second kappa shape index (κ2) is 9.30. The lowest BCUT2D eigenvalue weighted by molar-refractivity contribution is 0.456. The maximum absolute atomic E-state index is 12.0. The summed E-state index contributed by atoms with van der Waals surface area (Å²) in [5.74, 6) is 2.61. The zero-order valence-electron chi connectivity index (χ0n) is 12.3. The van der Waals surface area contributed by atoms with E-state index in [2.05, 4.69) is 9.71 Å². The van der Waals surface area contributed by atoms with Gasteiger partial charge in [-0.15, -0.1) is 35.3 Å². The van der Waals surface area contributed by atoms with Gasteiger partial charge in [-0.2, -0.15) is 11.8 Å². The van der Waals surface area contributed by atoms with Crippen molar-refractivity contribution < 1.29 is 8.42 Å². The average molecular weight is 476 g/mol. The van der Waals surface area contributed by atoms with Crippen LogP contribution >= 0.6 is 47.1 Å². The second-order valence-electron chi connectivity index (χ2n) is 4.60. The van der Waals surface area contributed by atoms with E-state index in [4.69, 9.17) is 5.73 Å². The molecule has 1 fully saturated rings. The van der Waals surface area contributed by atoms with E-state index in [1.165, 1.54) is 11.3 Å². The number of nitrogens with one attached hydrogen (secondary N) is 1. The molecule has 0 atom stereocenters. The van der Waals surface area contributed by atoms with Gasteiger partial charge in [0.25, 0.3) is 0 Å². The van der Waals surface area contributed by atoms with Gasteiger partial charge in [-0.1, -0.05) is 0 Å². The predicted octanol–water partition coefficient (Wildman–Crippen LogP) is 1.32. The molecule has 0 aromatic carbocycles. The van der Waals surface area contributed by atoms with Crippen LogP contribution in [0.15, 0.2) is 21.3 Å². The third-order valence-corrected chi connectivity index (χ3v) is 6.89. The smallest absolute Gasteiger partial charge is 0.250 e. The number of thioether (sulfide) groups is 1. The lowest BCUT2D eigenvalue weighted by Gasteiger charge is -2.27. The Balaban J connectivity index is 0.00000242. The summed E-state index contributed by atoms with van der Waals surface area (Å²) < 4.78 is 26.9. The van der Waals surface area contributed by atoms with Gasteiger partial charge >= 0.3 is 0 Å². The Bertz CT molecular complexity index is 597. The standard InChI is InChI=1S/C12H20N4O2S3.HI/c1-10-2-3-11(20-10)21(17,18)15-5-4-14-12(13)16-6-8-19-9-7-16;/h2-3,15H,4-9H2,1H3,(H2,13,14);1H. The van der Waals surface area contributed by atoms with Crippen molar-refractivity contribution >= 4 is 63.1 Å². The average Bonchev–Trinajstić information content (AvgIpc) is 2.92. The van der Waals surface area contributed by atoms with Gasteiger partial charge in [0.1, 0.15) is 4.21 Å². The first-order valence-corrected chi connectivity index (χ1v) is 10.1. The van der Waals surface area contributed by atoms with Crippen LogP contribution in [-0.2, 0) is 10.0 Å². The molecule has 22 heavy (non-hydrogen) atoms. The summed E-state index contributed by atoms with van der Waals surface area (Å²) in [6.45, 7) is 4.29. The van der Waals surface area contributed by atoms with Crippen LogP contribution in [0.3, 0.4) is 0 Å². The fourth-order valence-corrected chi connectivity index (χ4v) is 5.12. The van der Waals surface area contributed by atoms with E-state index >= 15 is 0 Å². The molecule has 0 bridgehead atoms. The van der Waals surface area contributed by atoms with E-state index < -0.39 is 10.0 Å². The highest BCUT2D eigenvalue weighted by Crippen LogP contribution is 2.19. The molecule has 2 heterocycles. The monoisotopic (exact) mass is 476 g/mol.